The summed E-state index contributed by atoms with van der Waals surface area (Å²) in [4.78, 5) is 43.0. The molecule has 0 spiro atoms. The van der Waals surface area contributed by atoms with Crippen molar-refractivity contribution in [3.05, 3.63) is 64.6 Å². The summed E-state index contributed by atoms with van der Waals surface area (Å²) < 4.78 is 11.0. The zero-order chi connectivity index (χ0) is 32.5. The molecule has 0 aliphatic rings. The second-order valence-electron chi connectivity index (χ2n) is 12.2. The average molecular weight is 652 g/mol. The van der Waals surface area contributed by atoms with Crippen molar-refractivity contribution < 1.29 is 18.7 Å². The number of rotatable bonds is 6. The number of fused-ring (bicyclic) bond motifs is 2. The highest BCUT2D eigenvalue weighted by molar-refractivity contribution is 6.39. The monoisotopic (exact) mass is 650 g/mol. The molecule has 3 heterocycles. The van der Waals surface area contributed by atoms with Crippen LogP contribution in [0.4, 0.5) is 27.0 Å². The topological polar surface area (TPSA) is 156 Å². The van der Waals surface area contributed by atoms with Crippen molar-refractivity contribution >= 4 is 74.9 Å². The van der Waals surface area contributed by atoms with Gasteiger partial charge in [-0.2, -0.15) is 4.98 Å². The third-order valence-corrected chi connectivity index (χ3v) is 6.62. The van der Waals surface area contributed by atoms with Crippen LogP contribution in [0.5, 0.6) is 0 Å². The minimum atomic E-state index is -0.614. The van der Waals surface area contributed by atoms with E-state index in [-0.39, 0.29) is 18.3 Å². The lowest BCUT2D eigenvalue weighted by molar-refractivity contribution is 0.0519. The summed E-state index contributed by atoms with van der Waals surface area (Å²) in [5.41, 5.74) is 2.01. The Morgan fingerprint density at radius 1 is 0.956 bits per heavy atom. The summed E-state index contributed by atoms with van der Waals surface area (Å²) in [6.07, 6.45) is 1.05. The fourth-order valence-corrected chi connectivity index (χ4v) is 4.86. The minimum Gasteiger partial charge on any atom is -0.444 e. The summed E-state index contributed by atoms with van der Waals surface area (Å²) in [5, 5.41) is 12.9. The van der Waals surface area contributed by atoms with Gasteiger partial charge < -0.3 is 25.1 Å². The van der Waals surface area contributed by atoms with E-state index in [1.807, 2.05) is 20.8 Å². The highest BCUT2D eigenvalue weighted by Gasteiger charge is 2.21. The van der Waals surface area contributed by atoms with Gasteiger partial charge in [-0.1, -0.05) is 29.3 Å². The molecule has 45 heavy (non-hydrogen) atoms. The maximum absolute atomic E-state index is 12.9. The molecule has 5 aromatic rings. The largest absolute Gasteiger partial charge is 0.444 e. The van der Waals surface area contributed by atoms with E-state index in [1.165, 1.54) is 0 Å². The first-order valence-electron chi connectivity index (χ1n) is 14.0. The van der Waals surface area contributed by atoms with Crippen molar-refractivity contribution in [1.82, 2.24) is 30.6 Å². The van der Waals surface area contributed by atoms with Crippen LogP contribution in [0.15, 0.2) is 53.1 Å². The number of anilines is 3. The number of alkyl carbamates (subject to hydrolysis) is 1. The summed E-state index contributed by atoms with van der Waals surface area (Å²) >= 11 is 13.1. The van der Waals surface area contributed by atoms with Crippen LogP contribution in [0.1, 0.15) is 47.4 Å². The Hall–Kier alpha value is -4.68. The Morgan fingerprint density at radius 2 is 1.69 bits per heavy atom. The molecule has 0 radical (unpaired) electrons. The number of carbonyl (C=O) groups excluding carboxylic acids is 2. The minimum absolute atomic E-state index is 0.0668. The van der Waals surface area contributed by atoms with Crippen LogP contribution in [0.25, 0.3) is 33.3 Å². The molecule has 0 atom stereocenters. The number of pyridine rings is 1. The number of ether oxygens (including phenoxy) is 1. The molecule has 3 aromatic heterocycles. The summed E-state index contributed by atoms with van der Waals surface area (Å²) in [7, 11) is 0. The van der Waals surface area contributed by atoms with Gasteiger partial charge in [0, 0.05) is 33.9 Å². The van der Waals surface area contributed by atoms with Crippen LogP contribution in [0, 0.1) is 0 Å². The molecule has 0 fully saturated rings. The standard InChI is InChI=1S/C31H32Cl2N8O4/c1-30(2,3)41-28(42)40-26-18(24-19(32)8-7-9-20(24)33)12-16-14-34-27(39-25(16)38-26)36-17-10-11-22-21(13-17)37-23(44-22)15-35-29(43)45-31(4,5)6/h7-14H,15H2,1-6H3,(H,35,43)(H3,34,36,38,39,40,41,42). The van der Waals surface area contributed by atoms with Gasteiger partial charge in [0.2, 0.25) is 11.8 Å². The van der Waals surface area contributed by atoms with Gasteiger partial charge in [0.25, 0.3) is 0 Å². The smallest absolute Gasteiger partial charge is 0.408 e. The van der Waals surface area contributed by atoms with Gasteiger partial charge in [-0.3, -0.25) is 5.32 Å². The van der Waals surface area contributed by atoms with Gasteiger partial charge in [-0.15, -0.1) is 0 Å². The Kier molecular flexibility index (Phi) is 8.72. The van der Waals surface area contributed by atoms with Crippen molar-refractivity contribution in [3.63, 3.8) is 0 Å². The van der Waals surface area contributed by atoms with Crippen molar-refractivity contribution in [2.24, 2.45) is 0 Å². The van der Waals surface area contributed by atoms with Crippen molar-refractivity contribution in [1.29, 1.82) is 0 Å². The molecule has 0 aliphatic carbocycles. The predicted molar refractivity (Wildman–Crippen MR) is 175 cm³/mol. The molecule has 2 aromatic carbocycles. The third-order valence-electron chi connectivity index (χ3n) is 5.99. The van der Waals surface area contributed by atoms with Gasteiger partial charge in [0.1, 0.15) is 16.9 Å². The lowest BCUT2D eigenvalue weighted by Gasteiger charge is -2.21. The number of nitrogens with zero attached hydrogens (tertiary/aromatic N) is 4. The van der Waals surface area contributed by atoms with E-state index >= 15 is 0 Å². The Bertz CT molecular complexity index is 1890. The number of urea groups is 1. The fraction of sp³-hybridized carbons (Fsp3) is 0.290. The quantitative estimate of drug-likeness (QED) is 0.144. The Labute approximate surface area is 269 Å². The van der Waals surface area contributed by atoms with Gasteiger partial charge in [-0.25, -0.2) is 24.5 Å². The molecule has 0 unspecified atom stereocenters. The van der Waals surface area contributed by atoms with Crippen LogP contribution < -0.4 is 21.3 Å². The maximum atomic E-state index is 12.9. The molecular formula is C31H32Cl2N8O4. The lowest BCUT2D eigenvalue weighted by Crippen LogP contribution is -2.43. The summed E-state index contributed by atoms with van der Waals surface area (Å²) in [6.45, 7) is 11.0. The molecule has 234 valence electrons. The van der Waals surface area contributed by atoms with Crippen LogP contribution in [-0.4, -0.2) is 43.2 Å². The van der Waals surface area contributed by atoms with E-state index in [0.29, 0.717) is 54.9 Å². The lowest BCUT2D eigenvalue weighted by atomic mass is 10.0. The molecule has 4 N–H and O–H groups in total. The van der Waals surface area contributed by atoms with Gasteiger partial charge >= 0.3 is 12.1 Å². The number of carbonyl (C=O) groups is 2. The highest BCUT2D eigenvalue weighted by Crippen LogP contribution is 2.39. The molecule has 0 aliphatic heterocycles. The van der Waals surface area contributed by atoms with E-state index in [0.717, 1.165) is 0 Å². The number of oxazole rings is 1. The van der Waals surface area contributed by atoms with E-state index in [9.17, 15) is 9.59 Å². The van der Waals surface area contributed by atoms with Crippen LogP contribution in [0.3, 0.4) is 0 Å². The molecule has 0 saturated carbocycles. The first-order valence-corrected chi connectivity index (χ1v) is 14.7. The first-order chi connectivity index (χ1) is 21.1. The van der Waals surface area contributed by atoms with Crippen LogP contribution in [-0.2, 0) is 11.3 Å². The van der Waals surface area contributed by atoms with Crippen LogP contribution >= 0.6 is 23.2 Å². The van der Waals surface area contributed by atoms with Crippen molar-refractivity contribution in [2.45, 2.75) is 59.2 Å². The molecule has 0 saturated heterocycles. The van der Waals surface area contributed by atoms with Gasteiger partial charge in [0.05, 0.1) is 16.6 Å². The average Bonchev–Trinajstić information content (AvgIpc) is 3.32. The second kappa shape index (κ2) is 12.4. The Balaban J connectivity index is 1.42. The maximum Gasteiger partial charge on any atom is 0.408 e. The molecule has 12 nitrogen and oxygen atoms in total. The molecule has 0 bridgehead atoms. The highest BCUT2D eigenvalue weighted by atomic mass is 35.5. The predicted octanol–water partition coefficient (Wildman–Crippen LogP) is 7.83. The van der Waals surface area contributed by atoms with Gasteiger partial charge in [-0.05, 0) is 77.9 Å². The number of aromatic nitrogens is 4. The number of hydrogen-bond donors (Lipinski definition) is 4. The SMILES string of the molecule is CC(C)(C)NC(=O)Nc1nc2nc(Nc3ccc4oc(CNC(=O)OC(C)(C)C)nc4c3)ncc2cc1-c1c(Cl)cccc1Cl. The number of nitrogens with one attached hydrogen (secondary N) is 4. The number of hydrogen-bond acceptors (Lipinski definition) is 9. The number of halogens is 2. The Morgan fingerprint density at radius 3 is 2.38 bits per heavy atom. The summed E-state index contributed by atoms with van der Waals surface area (Å²) in [6, 6.07) is 11.8. The first kappa shape index (κ1) is 31.7. The molecular weight excluding hydrogens is 619 g/mol. The zero-order valence-corrected chi connectivity index (χ0v) is 27.0. The fourth-order valence-electron chi connectivity index (χ4n) is 4.26. The number of amides is 3. The third kappa shape index (κ3) is 8.08. The van der Waals surface area contributed by atoms with Crippen LogP contribution in [0.2, 0.25) is 10.0 Å². The van der Waals surface area contributed by atoms with E-state index in [4.69, 9.17) is 32.4 Å². The van der Waals surface area contributed by atoms with Gasteiger partial charge in [0.15, 0.2) is 11.2 Å². The zero-order valence-electron chi connectivity index (χ0n) is 25.5. The van der Waals surface area contributed by atoms with E-state index in [1.54, 1.807) is 69.4 Å². The van der Waals surface area contributed by atoms with Crippen molar-refractivity contribution in [2.75, 3.05) is 10.6 Å². The molecule has 5 rings (SSSR count). The molecule has 14 heteroatoms. The van der Waals surface area contributed by atoms with E-state index < -0.39 is 23.3 Å². The number of benzene rings is 2. The van der Waals surface area contributed by atoms with Crippen molar-refractivity contribution in [3.8, 4) is 11.1 Å². The normalized spacial score (nSPS) is 11.8. The molecule has 3 amide bonds. The summed E-state index contributed by atoms with van der Waals surface area (Å²) in [5.74, 6) is 0.808. The second-order valence-corrected chi connectivity index (χ2v) is 13.0. The van der Waals surface area contributed by atoms with E-state index in [2.05, 4.69) is 41.2 Å².